The molecule has 0 radical (unpaired) electrons. The van der Waals surface area contributed by atoms with Crippen LogP contribution in [0.25, 0.3) is 10.9 Å². The molecule has 0 atom stereocenters. The number of aromatic amines is 1. The van der Waals surface area contributed by atoms with Crippen molar-refractivity contribution in [2.75, 3.05) is 18.4 Å². The number of fused-ring (bicyclic) bond motifs is 1. The lowest BCUT2D eigenvalue weighted by Gasteiger charge is -2.31. The van der Waals surface area contributed by atoms with E-state index in [2.05, 4.69) is 39.7 Å². The molecular formula is C19H20N4O. The van der Waals surface area contributed by atoms with Crippen molar-refractivity contribution in [3.05, 3.63) is 60.4 Å². The first-order valence-corrected chi connectivity index (χ1v) is 8.34. The van der Waals surface area contributed by atoms with Gasteiger partial charge in [-0.3, -0.25) is 5.32 Å². The number of rotatable bonds is 2. The number of anilines is 1. The molecule has 1 aromatic carbocycles. The second-order valence-electron chi connectivity index (χ2n) is 6.20. The van der Waals surface area contributed by atoms with E-state index in [-0.39, 0.29) is 6.03 Å². The fraction of sp³-hybridized carbons (Fsp3) is 0.263. The third-order valence-corrected chi connectivity index (χ3v) is 4.74. The molecule has 4 rings (SSSR count). The number of carbonyl (C=O) groups excluding carboxylic acids is 1. The minimum absolute atomic E-state index is 0.0638. The van der Waals surface area contributed by atoms with Gasteiger partial charge < -0.3 is 9.88 Å². The molecule has 5 heteroatoms. The quantitative estimate of drug-likeness (QED) is 0.750. The summed E-state index contributed by atoms with van der Waals surface area (Å²) in [4.78, 5) is 21.7. The van der Waals surface area contributed by atoms with E-state index < -0.39 is 0 Å². The Morgan fingerprint density at radius 3 is 2.71 bits per heavy atom. The van der Waals surface area contributed by atoms with E-state index in [1.807, 2.05) is 23.1 Å². The molecular weight excluding hydrogens is 300 g/mol. The van der Waals surface area contributed by atoms with Crippen LogP contribution in [0.4, 0.5) is 10.6 Å². The van der Waals surface area contributed by atoms with Crippen molar-refractivity contribution in [2.45, 2.75) is 18.8 Å². The van der Waals surface area contributed by atoms with Gasteiger partial charge in [0.25, 0.3) is 0 Å². The zero-order valence-electron chi connectivity index (χ0n) is 13.4. The molecule has 1 aliphatic heterocycles. The van der Waals surface area contributed by atoms with Crippen molar-refractivity contribution >= 4 is 22.8 Å². The summed E-state index contributed by atoms with van der Waals surface area (Å²) in [5, 5.41) is 4.16. The smallest absolute Gasteiger partial charge is 0.323 e. The van der Waals surface area contributed by atoms with Gasteiger partial charge >= 0.3 is 6.03 Å². The van der Waals surface area contributed by atoms with Gasteiger partial charge in [-0.25, -0.2) is 9.78 Å². The van der Waals surface area contributed by atoms with E-state index in [1.54, 1.807) is 12.3 Å². The predicted molar refractivity (Wildman–Crippen MR) is 95.1 cm³/mol. The predicted octanol–water partition coefficient (Wildman–Crippen LogP) is 3.97. The van der Waals surface area contributed by atoms with Gasteiger partial charge in [0.05, 0.1) is 0 Å². The minimum atomic E-state index is -0.0638. The van der Waals surface area contributed by atoms with Gasteiger partial charge in [-0.15, -0.1) is 0 Å². The summed E-state index contributed by atoms with van der Waals surface area (Å²) >= 11 is 0. The number of carbonyl (C=O) groups is 1. The Bertz CT molecular complexity index is 835. The Morgan fingerprint density at radius 1 is 1.12 bits per heavy atom. The van der Waals surface area contributed by atoms with E-state index in [0.29, 0.717) is 11.7 Å². The van der Waals surface area contributed by atoms with Crippen LogP contribution in [0.15, 0.2) is 54.9 Å². The van der Waals surface area contributed by atoms with Gasteiger partial charge in [-0.05, 0) is 42.5 Å². The number of hydrogen-bond donors (Lipinski definition) is 2. The summed E-state index contributed by atoms with van der Waals surface area (Å²) < 4.78 is 0. The number of likely N-dealkylation sites (tertiary alicyclic amines) is 1. The Hall–Kier alpha value is -2.82. The third kappa shape index (κ3) is 2.85. The highest BCUT2D eigenvalue weighted by Crippen LogP contribution is 2.33. The fourth-order valence-corrected chi connectivity index (χ4v) is 3.45. The maximum atomic E-state index is 12.3. The van der Waals surface area contributed by atoms with Crippen LogP contribution in [-0.2, 0) is 0 Å². The number of pyridine rings is 1. The molecule has 3 aromatic rings. The molecule has 0 saturated carbocycles. The number of H-pyrrole nitrogens is 1. The van der Waals surface area contributed by atoms with E-state index in [0.717, 1.165) is 25.9 Å². The van der Waals surface area contributed by atoms with Gasteiger partial charge in [0.2, 0.25) is 0 Å². The van der Waals surface area contributed by atoms with Crippen LogP contribution < -0.4 is 5.32 Å². The average Bonchev–Trinajstić information content (AvgIpc) is 3.07. The van der Waals surface area contributed by atoms with Crippen molar-refractivity contribution in [3.8, 4) is 0 Å². The molecule has 0 bridgehead atoms. The van der Waals surface area contributed by atoms with Crippen LogP contribution >= 0.6 is 0 Å². The molecule has 2 amide bonds. The molecule has 122 valence electrons. The van der Waals surface area contributed by atoms with Crippen LogP contribution in [-0.4, -0.2) is 34.0 Å². The van der Waals surface area contributed by atoms with Crippen LogP contribution in [0.2, 0.25) is 0 Å². The summed E-state index contributed by atoms with van der Waals surface area (Å²) in [7, 11) is 0. The third-order valence-electron chi connectivity index (χ3n) is 4.74. The van der Waals surface area contributed by atoms with Crippen molar-refractivity contribution < 1.29 is 4.79 Å². The number of urea groups is 1. The molecule has 1 fully saturated rings. The first kappa shape index (κ1) is 14.8. The molecule has 1 saturated heterocycles. The van der Waals surface area contributed by atoms with Crippen LogP contribution in [0, 0.1) is 0 Å². The summed E-state index contributed by atoms with van der Waals surface area (Å²) in [5.41, 5.74) is 2.55. The number of nitrogens with zero attached hydrogens (tertiary/aromatic N) is 2. The maximum Gasteiger partial charge on any atom is 0.323 e. The number of piperidine rings is 1. The van der Waals surface area contributed by atoms with E-state index >= 15 is 0 Å². The van der Waals surface area contributed by atoms with Gasteiger partial charge in [-0.2, -0.15) is 0 Å². The molecule has 2 N–H and O–H groups in total. The zero-order chi connectivity index (χ0) is 16.4. The van der Waals surface area contributed by atoms with Crippen LogP contribution in [0.5, 0.6) is 0 Å². The topological polar surface area (TPSA) is 61.0 Å². The number of amides is 2. The highest BCUT2D eigenvalue weighted by molar-refractivity contribution is 5.88. The monoisotopic (exact) mass is 320 g/mol. The zero-order valence-corrected chi connectivity index (χ0v) is 13.4. The lowest BCUT2D eigenvalue weighted by Crippen LogP contribution is -2.40. The maximum absolute atomic E-state index is 12.3. The lowest BCUT2D eigenvalue weighted by molar-refractivity contribution is 0.194. The molecule has 3 heterocycles. The summed E-state index contributed by atoms with van der Waals surface area (Å²) in [6, 6.07) is 13.8. The number of benzene rings is 1. The van der Waals surface area contributed by atoms with Crippen LogP contribution in [0.1, 0.15) is 24.3 Å². The fourth-order valence-electron chi connectivity index (χ4n) is 3.45. The minimum Gasteiger partial charge on any atom is -0.361 e. The summed E-state index contributed by atoms with van der Waals surface area (Å²) in [5.74, 6) is 1.10. The highest BCUT2D eigenvalue weighted by Gasteiger charge is 2.25. The lowest BCUT2D eigenvalue weighted by atomic mass is 9.89. The number of nitrogens with one attached hydrogen (secondary N) is 2. The number of aromatic nitrogens is 2. The molecule has 0 unspecified atom stereocenters. The largest absolute Gasteiger partial charge is 0.361 e. The van der Waals surface area contributed by atoms with Crippen molar-refractivity contribution in [3.63, 3.8) is 0 Å². The first-order valence-electron chi connectivity index (χ1n) is 8.34. The van der Waals surface area contributed by atoms with Crippen LogP contribution in [0.3, 0.4) is 0 Å². The molecule has 24 heavy (non-hydrogen) atoms. The van der Waals surface area contributed by atoms with Crippen molar-refractivity contribution in [1.82, 2.24) is 14.9 Å². The van der Waals surface area contributed by atoms with Gasteiger partial charge in [-0.1, -0.05) is 24.3 Å². The average molecular weight is 320 g/mol. The second-order valence-corrected chi connectivity index (χ2v) is 6.20. The second kappa shape index (κ2) is 6.35. The highest BCUT2D eigenvalue weighted by atomic mass is 16.2. The normalized spacial score (nSPS) is 15.6. The first-order chi connectivity index (χ1) is 11.8. The summed E-state index contributed by atoms with van der Waals surface area (Å²) in [6.07, 6.45) is 5.77. The SMILES string of the molecule is O=C(Nc1ccccn1)N1CCC(c2c[nH]c3ccccc23)CC1. The number of hydrogen-bond acceptors (Lipinski definition) is 2. The van der Waals surface area contributed by atoms with Crippen molar-refractivity contribution in [1.29, 1.82) is 0 Å². The molecule has 2 aromatic heterocycles. The van der Waals surface area contributed by atoms with E-state index in [4.69, 9.17) is 0 Å². The van der Waals surface area contributed by atoms with Gasteiger partial charge in [0.15, 0.2) is 0 Å². The van der Waals surface area contributed by atoms with Gasteiger partial charge in [0.1, 0.15) is 5.82 Å². The Labute approximate surface area is 140 Å². The van der Waals surface area contributed by atoms with E-state index in [1.165, 1.54) is 16.5 Å². The number of para-hydroxylation sites is 1. The summed E-state index contributed by atoms with van der Waals surface area (Å²) in [6.45, 7) is 1.53. The van der Waals surface area contributed by atoms with E-state index in [9.17, 15) is 4.79 Å². The molecule has 5 nitrogen and oxygen atoms in total. The van der Waals surface area contributed by atoms with Gasteiger partial charge in [0, 0.05) is 36.4 Å². The Morgan fingerprint density at radius 2 is 1.92 bits per heavy atom. The molecule has 1 aliphatic rings. The molecule has 0 spiro atoms. The Kier molecular flexibility index (Phi) is 3.91. The standard InChI is InChI=1S/C19H20N4O/c24-19(22-18-7-3-4-10-20-18)23-11-8-14(9-12-23)16-13-21-17-6-2-1-5-15(16)17/h1-7,10,13-14,21H,8-9,11-12H2,(H,20,22,24). The Balaban J connectivity index is 1.41. The molecule has 0 aliphatic carbocycles. The van der Waals surface area contributed by atoms with Crippen molar-refractivity contribution in [2.24, 2.45) is 0 Å².